The molecule has 4 aromatic rings. The Morgan fingerprint density at radius 2 is 2.07 bits per heavy atom. The van der Waals surface area contributed by atoms with Crippen molar-refractivity contribution in [2.75, 3.05) is 0 Å². The summed E-state index contributed by atoms with van der Waals surface area (Å²) in [4.78, 5) is 26.1. The summed E-state index contributed by atoms with van der Waals surface area (Å²) in [6.07, 6.45) is 7.03. The quantitative estimate of drug-likeness (QED) is 0.584. The monoisotopic (exact) mass is 370 g/mol. The van der Waals surface area contributed by atoms with Crippen molar-refractivity contribution in [1.29, 1.82) is 0 Å². The van der Waals surface area contributed by atoms with E-state index in [0.717, 1.165) is 35.0 Å². The zero-order chi connectivity index (χ0) is 18.9. The molecule has 0 unspecified atom stereocenters. The molecule has 1 aromatic carbocycles. The molecule has 1 amide bonds. The predicted molar refractivity (Wildman–Crippen MR) is 104 cm³/mol. The highest BCUT2D eigenvalue weighted by Crippen LogP contribution is 2.40. The SMILES string of the molecule is O=C(NCc1cccnc1-n1cncn1)c1cc(C2CC2)nc2ccccc12. The van der Waals surface area contributed by atoms with Gasteiger partial charge in [0.15, 0.2) is 5.82 Å². The predicted octanol–water partition coefficient (Wildman–Crippen LogP) is 3.02. The topological polar surface area (TPSA) is 85.6 Å². The molecule has 0 saturated heterocycles. The van der Waals surface area contributed by atoms with Gasteiger partial charge in [-0.25, -0.2) is 14.6 Å². The summed E-state index contributed by atoms with van der Waals surface area (Å²) in [5, 5.41) is 8.03. The molecule has 1 fully saturated rings. The lowest BCUT2D eigenvalue weighted by atomic mass is 10.1. The van der Waals surface area contributed by atoms with Gasteiger partial charge in [-0.05, 0) is 31.0 Å². The van der Waals surface area contributed by atoms with E-state index in [2.05, 4.69) is 20.4 Å². The highest BCUT2D eigenvalue weighted by Gasteiger charge is 2.27. The Morgan fingerprint density at radius 3 is 2.89 bits per heavy atom. The van der Waals surface area contributed by atoms with E-state index >= 15 is 0 Å². The molecular weight excluding hydrogens is 352 g/mol. The van der Waals surface area contributed by atoms with Gasteiger partial charge in [-0.1, -0.05) is 24.3 Å². The van der Waals surface area contributed by atoms with Crippen LogP contribution in [-0.2, 0) is 6.54 Å². The minimum absolute atomic E-state index is 0.117. The van der Waals surface area contributed by atoms with Gasteiger partial charge in [-0.15, -0.1) is 0 Å². The fraction of sp³-hybridized carbons (Fsp3) is 0.190. The molecule has 0 atom stereocenters. The third-order valence-electron chi connectivity index (χ3n) is 4.92. The zero-order valence-corrected chi connectivity index (χ0v) is 15.1. The van der Waals surface area contributed by atoms with Gasteiger partial charge >= 0.3 is 0 Å². The third-order valence-corrected chi connectivity index (χ3v) is 4.92. The minimum atomic E-state index is -0.117. The maximum absolute atomic E-state index is 13.0. The number of rotatable bonds is 5. The van der Waals surface area contributed by atoms with Crippen molar-refractivity contribution in [1.82, 2.24) is 30.0 Å². The fourth-order valence-corrected chi connectivity index (χ4v) is 3.33. The second kappa shape index (κ2) is 6.84. The molecule has 1 aliphatic carbocycles. The van der Waals surface area contributed by atoms with E-state index in [1.165, 1.54) is 6.33 Å². The number of nitrogens with zero attached hydrogens (tertiary/aromatic N) is 5. The van der Waals surface area contributed by atoms with E-state index in [1.54, 1.807) is 17.2 Å². The molecule has 3 aromatic heterocycles. The van der Waals surface area contributed by atoms with Crippen molar-refractivity contribution in [2.45, 2.75) is 25.3 Å². The number of nitrogens with one attached hydrogen (secondary N) is 1. The molecule has 1 saturated carbocycles. The number of pyridine rings is 2. The van der Waals surface area contributed by atoms with Crippen LogP contribution < -0.4 is 5.32 Å². The summed E-state index contributed by atoms with van der Waals surface area (Å²) < 4.78 is 1.59. The normalized spacial score (nSPS) is 13.6. The molecule has 28 heavy (non-hydrogen) atoms. The van der Waals surface area contributed by atoms with Crippen LogP contribution in [0.4, 0.5) is 0 Å². The van der Waals surface area contributed by atoms with Crippen LogP contribution >= 0.6 is 0 Å². The van der Waals surface area contributed by atoms with E-state index in [4.69, 9.17) is 4.98 Å². The maximum atomic E-state index is 13.0. The number of fused-ring (bicyclic) bond motifs is 1. The van der Waals surface area contributed by atoms with Gasteiger partial charge in [0, 0.05) is 35.3 Å². The number of amides is 1. The van der Waals surface area contributed by atoms with Crippen LogP contribution in [0, 0.1) is 0 Å². The average molecular weight is 370 g/mol. The average Bonchev–Trinajstić information content (AvgIpc) is 3.45. The highest BCUT2D eigenvalue weighted by molar-refractivity contribution is 6.06. The third kappa shape index (κ3) is 3.11. The van der Waals surface area contributed by atoms with E-state index in [1.807, 2.05) is 42.5 Å². The van der Waals surface area contributed by atoms with Gasteiger partial charge in [0.2, 0.25) is 0 Å². The van der Waals surface area contributed by atoms with Crippen LogP contribution in [0.1, 0.15) is 40.4 Å². The number of para-hydroxylation sites is 1. The van der Waals surface area contributed by atoms with E-state index in [9.17, 15) is 4.79 Å². The second-order valence-electron chi connectivity index (χ2n) is 6.89. The van der Waals surface area contributed by atoms with Crippen molar-refractivity contribution < 1.29 is 4.79 Å². The Bertz CT molecular complexity index is 1150. The van der Waals surface area contributed by atoms with Crippen molar-refractivity contribution in [3.8, 4) is 5.82 Å². The lowest BCUT2D eigenvalue weighted by molar-refractivity contribution is 0.0952. The Morgan fingerprint density at radius 1 is 1.18 bits per heavy atom. The van der Waals surface area contributed by atoms with Crippen molar-refractivity contribution in [3.63, 3.8) is 0 Å². The molecule has 138 valence electrons. The van der Waals surface area contributed by atoms with Gasteiger partial charge in [0.25, 0.3) is 5.91 Å². The molecule has 0 spiro atoms. The smallest absolute Gasteiger partial charge is 0.252 e. The number of benzene rings is 1. The Hall–Kier alpha value is -3.61. The van der Waals surface area contributed by atoms with Crippen molar-refractivity contribution >= 4 is 16.8 Å². The minimum Gasteiger partial charge on any atom is -0.348 e. The van der Waals surface area contributed by atoms with E-state index < -0.39 is 0 Å². The maximum Gasteiger partial charge on any atom is 0.252 e. The lowest BCUT2D eigenvalue weighted by Gasteiger charge is -2.12. The number of hydrogen-bond acceptors (Lipinski definition) is 5. The first kappa shape index (κ1) is 16.6. The van der Waals surface area contributed by atoms with Gasteiger partial charge < -0.3 is 5.32 Å². The van der Waals surface area contributed by atoms with Crippen LogP contribution in [-0.4, -0.2) is 30.6 Å². The first-order valence-electron chi connectivity index (χ1n) is 9.26. The van der Waals surface area contributed by atoms with Gasteiger partial charge in [0.1, 0.15) is 12.7 Å². The molecule has 7 heteroatoms. The van der Waals surface area contributed by atoms with Crippen LogP contribution in [0.3, 0.4) is 0 Å². The molecule has 1 aliphatic rings. The number of aromatic nitrogens is 5. The van der Waals surface area contributed by atoms with Gasteiger partial charge in [-0.2, -0.15) is 5.10 Å². The number of carbonyl (C=O) groups is 1. The summed E-state index contributed by atoms with van der Waals surface area (Å²) >= 11 is 0. The van der Waals surface area contributed by atoms with Crippen LogP contribution in [0.2, 0.25) is 0 Å². The van der Waals surface area contributed by atoms with Crippen molar-refractivity contribution in [3.05, 3.63) is 78.1 Å². The molecule has 7 nitrogen and oxygen atoms in total. The first-order valence-corrected chi connectivity index (χ1v) is 9.26. The summed E-state index contributed by atoms with van der Waals surface area (Å²) in [5.41, 5.74) is 3.40. The van der Waals surface area contributed by atoms with Crippen LogP contribution in [0.25, 0.3) is 16.7 Å². The Kier molecular flexibility index (Phi) is 4.05. The summed E-state index contributed by atoms with van der Waals surface area (Å²) in [7, 11) is 0. The second-order valence-corrected chi connectivity index (χ2v) is 6.89. The Labute approximate surface area is 161 Å². The fourth-order valence-electron chi connectivity index (χ4n) is 3.33. The summed E-state index contributed by atoms with van der Waals surface area (Å²) in [6, 6.07) is 13.5. The zero-order valence-electron chi connectivity index (χ0n) is 15.1. The Balaban J connectivity index is 1.44. The number of carbonyl (C=O) groups excluding carboxylic acids is 1. The van der Waals surface area contributed by atoms with Crippen LogP contribution in [0.15, 0.2) is 61.3 Å². The molecule has 1 N–H and O–H groups in total. The molecule has 0 bridgehead atoms. The molecular formula is C21H18N6O. The summed E-state index contributed by atoms with van der Waals surface area (Å²) in [5.74, 6) is 1.01. The first-order chi connectivity index (χ1) is 13.8. The lowest BCUT2D eigenvalue weighted by Crippen LogP contribution is -2.24. The highest BCUT2D eigenvalue weighted by atomic mass is 16.1. The number of hydrogen-bond donors (Lipinski definition) is 1. The van der Waals surface area contributed by atoms with Gasteiger partial charge in [-0.3, -0.25) is 9.78 Å². The molecule has 3 heterocycles. The summed E-state index contributed by atoms with van der Waals surface area (Å²) in [6.45, 7) is 0.345. The van der Waals surface area contributed by atoms with E-state index in [-0.39, 0.29) is 5.91 Å². The van der Waals surface area contributed by atoms with Crippen molar-refractivity contribution in [2.24, 2.45) is 0 Å². The van der Waals surface area contributed by atoms with E-state index in [0.29, 0.717) is 23.8 Å². The van der Waals surface area contributed by atoms with Crippen LogP contribution in [0.5, 0.6) is 0 Å². The standard InChI is InChI=1S/C21H18N6O/c28-21(24-11-15-4-3-9-23-20(15)27-13-22-12-25-27)17-10-19(14-7-8-14)26-18-6-2-1-5-16(17)18/h1-6,9-10,12-14H,7-8,11H2,(H,24,28). The molecule has 0 aliphatic heterocycles. The van der Waals surface area contributed by atoms with Gasteiger partial charge in [0.05, 0.1) is 11.1 Å². The molecule has 0 radical (unpaired) electrons. The largest absolute Gasteiger partial charge is 0.348 e. The molecule has 5 rings (SSSR count).